The van der Waals surface area contributed by atoms with Crippen LogP contribution in [0.5, 0.6) is 11.5 Å². The molecule has 3 aliphatic rings. The van der Waals surface area contributed by atoms with Gasteiger partial charge in [-0.3, -0.25) is 14.6 Å². The molecule has 3 aliphatic heterocycles. The van der Waals surface area contributed by atoms with E-state index in [0.29, 0.717) is 21.7 Å². The van der Waals surface area contributed by atoms with E-state index in [2.05, 4.69) is 40.4 Å². The number of aromatic nitrogens is 1. The Hall–Kier alpha value is -4.41. The first-order valence-corrected chi connectivity index (χ1v) is 14.8. The molecule has 11 nitrogen and oxygen atoms in total. The summed E-state index contributed by atoms with van der Waals surface area (Å²) in [6.07, 6.45) is 1.75. The third kappa shape index (κ3) is 4.80. The molecule has 0 radical (unpaired) electrons. The Morgan fingerprint density at radius 2 is 1.93 bits per heavy atom. The van der Waals surface area contributed by atoms with Gasteiger partial charge >= 0.3 is 6.03 Å². The number of ether oxygens (including phenoxy) is 3. The predicted molar refractivity (Wildman–Crippen MR) is 163 cm³/mol. The van der Waals surface area contributed by atoms with Gasteiger partial charge in [0.25, 0.3) is 5.91 Å². The quantitative estimate of drug-likeness (QED) is 0.275. The first-order chi connectivity index (χ1) is 20.8. The number of nitrogens with zero attached hydrogens (tertiary/aromatic N) is 4. The Labute approximate surface area is 255 Å². The first kappa shape index (κ1) is 27.4. The number of hydrogen-bond donors (Lipinski definition) is 2. The number of hydrogen-bond acceptors (Lipinski definition) is 9. The maximum atomic E-state index is 13.7. The molecule has 5 heterocycles. The number of anilines is 4. The fraction of sp³-hybridized carbons (Fsp3) is 0.267. The zero-order chi connectivity index (χ0) is 29.8. The number of nitrogens with one attached hydrogen (secondary N) is 2. The van der Waals surface area contributed by atoms with E-state index in [9.17, 15) is 14.9 Å². The van der Waals surface area contributed by atoms with Crippen molar-refractivity contribution in [3.05, 3.63) is 63.6 Å². The minimum absolute atomic E-state index is 0.0321. The second kappa shape index (κ2) is 10.7. The summed E-state index contributed by atoms with van der Waals surface area (Å²) in [6.45, 7) is 6.64. The van der Waals surface area contributed by atoms with Crippen LogP contribution in [0.1, 0.15) is 34.6 Å². The molecule has 43 heavy (non-hydrogen) atoms. The van der Waals surface area contributed by atoms with Gasteiger partial charge in [0.2, 0.25) is 6.79 Å². The van der Waals surface area contributed by atoms with Crippen LogP contribution in [0.2, 0.25) is 5.02 Å². The molecule has 4 aromatic rings. The van der Waals surface area contributed by atoms with Gasteiger partial charge < -0.3 is 24.8 Å². The minimum Gasteiger partial charge on any atom is -0.454 e. The molecule has 0 aliphatic carbocycles. The van der Waals surface area contributed by atoms with E-state index in [-0.39, 0.29) is 57.3 Å². The summed E-state index contributed by atoms with van der Waals surface area (Å²) in [5.41, 5.74) is 2.67. The van der Waals surface area contributed by atoms with Gasteiger partial charge in [-0.05, 0) is 43.7 Å². The molecule has 13 heteroatoms. The molecule has 1 fully saturated rings. The highest BCUT2D eigenvalue weighted by molar-refractivity contribution is 7.21. The lowest BCUT2D eigenvalue weighted by molar-refractivity contribution is -0.0704. The Kier molecular flexibility index (Phi) is 6.82. The van der Waals surface area contributed by atoms with Crippen LogP contribution in [0.4, 0.5) is 27.5 Å². The van der Waals surface area contributed by atoms with Crippen LogP contribution in [-0.4, -0.2) is 53.9 Å². The lowest BCUT2D eigenvalue weighted by Gasteiger charge is -2.35. The average molecular weight is 617 g/mol. The molecule has 3 amide bonds. The van der Waals surface area contributed by atoms with Gasteiger partial charge in [0, 0.05) is 31.5 Å². The Bertz CT molecular complexity index is 1830. The largest absolute Gasteiger partial charge is 0.454 e. The number of thiophene rings is 1. The number of carbonyl (C=O) groups is 2. The number of fused-ring (bicyclic) bond motifs is 1. The zero-order valence-electron chi connectivity index (χ0n) is 23.1. The van der Waals surface area contributed by atoms with Crippen LogP contribution in [-0.2, 0) is 11.3 Å². The third-order valence-corrected chi connectivity index (χ3v) is 8.88. The van der Waals surface area contributed by atoms with Gasteiger partial charge in [0.1, 0.15) is 21.5 Å². The van der Waals surface area contributed by atoms with E-state index < -0.39 is 11.9 Å². The van der Waals surface area contributed by atoms with E-state index in [0.717, 1.165) is 36.5 Å². The van der Waals surface area contributed by atoms with Gasteiger partial charge in [-0.25, -0.2) is 9.78 Å². The molecular formula is C30H25ClN6O5S. The highest BCUT2D eigenvalue weighted by Crippen LogP contribution is 2.53. The summed E-state index contributed by atoms with van der Waals surface area (Å²) in [4.78, 5) is 36.0. The van der Waals surface area contributed by atoms with Crippen LogP contribution in [0.15, 0.2) is 42.6 Å². The van der Waals surface area contributed by atoms with Crippen molar-refractivity contribution < 1.29 is 23.8 Å². The van der Waals surface area contributed by atoms with E-state index >= 15 is 0 Å². The van der Waals surface area contributed by atoms with Crippen molar-refractivity contribution >= 4 is 67.8 Å². The topological polar surface area (TPSA) is 129 Å². The Balaban J connectivity index is 1.20. The number of benzene rings is 2. The lowest BCUT2D eigenvalue weighted by Crippen LogP contribution is -2.44. The van der Waals surface area contributed by atoms with Gasteiger partial charge in [-0.2, -0.15) is 5.26 Å². The van der Waals surface area contributed by atoms with Crippen molar-refractivity contribution in [3.8, 4) is 17.6 Å². The van der Waals surface area contributed by atoms with E-state index in [1.807, 2.05) is 24.3 Å². The van der Waals surface area contributed by atoms with Gasteiger partial charge in [-0.15, -0.1) is 11.3 Å². The standard InChI is InChI=1S/C30H25ClN6O5S/c1-15-11-36(12-16(2)42-15)13-17-3-5-19(6-4-17)34-28(38)27-23-22-24(18(9-32)10-33-29(22)43-27)37(30(39)35-23)25-20(31)7-8-21-26(25)41-14-40-21/h3-8,10,15-16H,11-14H2,1-2H3,(H,34,38)(H,35,39)/t15-,16+. The van der Waals surface area contributed by atoms with Crippen molar-refractivity contribution in [2.24, 2.45) is 0 Å². The van der Waals surface area contributed by atoms with E-state index in [4.69, 9.17) is 25.8 Å². The summed E-state index contributed by atoms with van der Waals surface area (Å²) in [7, 11) is 0. The molecule has 218 valence electrons. The Morgan fingerprint density at radius 1 is 1.16 bits per heavy atom. The molecule has 2 N–H and O–H groups in total. The molecule has 0 bridgehead atoms. The number of carbonyl (C=O) groups excluding carboxylic acids is 2. The van der Waals surface area contributed by atoms with Gasteiger partial charge in [0.05, 0.1) is 39.6 Å². The summed E-state index contributed by atoms with van der Waals surface area (Å²) in [6, 6.07) is 12.5. The van der Waals surface area contributed by atoms with Crippen molar-refractivity contribution in [2.45, 2.75) is 32.6 Å². The van der Waals surface area contributed by atoms with Crippen molar-refractivity contribution in [3.63, 3.8) is 0 Å². The van der Waals surface area contributed by atoms with Crippen LogP contribution in [0, 0.1) is 11.3 Å². The van der Waals surface area contributed by atoms with Crippen molar-refractivity contribution in [2.75, 3.05) is 35.4 Å². The summed E-state index contributed by atoms with van der Waals surface area (Å²) in [5.74, 6) is 0.302. The van der Waals surface area contributed by atoms with Crippen LogP contribution in [0.3, 0.4) is 0 Å². The fourth-order valence-electron chi connectivity index (χ4n) is 5.81. The van der Waals surface area contributed by atoms with E-state index in [1.54, 1.807) is 12.1 Å². The highest BCUT2D eigenvalue weighted by Gasteiger charge is 2.38. The number of urea groups is 1. The number of morpholine rings is 1. The normalized spacial score (nSPS) is 19.3. The van der Waals surface area contributed by atoms with Crippen LogP contribution in [0.25, 0.3) is 10.2 Å². The second-order valence-electron chi connectivity index (χ2n) is 10.6. The van der Waals surface area contributed by atoms with Gasteiger partial charge in [-0.1, -0.05) is 23.7 Å². The average Bonchev–Trinajstić information content (AvgIpc) is 3.60. The molecule has 7 rings (SSSR count). The zero-order valence-corrected chi connectivity index (χ0v) is 24.7. The maximum absolute atomic E-state index is 13.7. The molecule has 0 unspecified atom stereocenters. The maximum Gasteiger partial charge on any atom is 0.331 e. The molecule has 2 aromatic carbocycles. The number of nitriles is 1. The number of amides is 3. The number of pyridine rings is 1. The summed E-state index contributed by atoms with van der Waals surface area (Å²) >= 11 is 7.69. The number of rotatable bonds is 5. The van der Waals surface area contributed by atoms with E-state index in [1.165, 1.54) is 11.1 Å². The van der Waals surface area contributed by atoms with Crippen LogP contribution >= 0.6 is 22.9 Å². The third-order valence-electron chi connectivity index (χ3n) is 7.48. The first-order valence-electron chi connectivity index (χ1n) is 13.6. The smallest absolute Gasteiger partial charge is 0.331 e. The SMILES string of the molecule is C[C@@H]1CN(Cc2ccc(NC(=O)c3sc4ncc(C#N)c5c4c3NC(=O)N5c3c(Cl)ccc4c3OCO4)cc2)C[C@H](C)O1. The minimum atomic E-state index is -0.606. The molecule has 0 spiro atoms. The van der Waals surface area contributed by atoms with Gasteiger partial charge in [0.15, 0.2) is 11.5 Å². The molecule has 0 saturated carbocycles. The molecule has 2 atom stereocenters. The summed E-state index contributed by atoms with van der Waals surface area (Å²) in [5, 5.41) is 16.4. The predicted octanol–water partition coefficient (Wildman–Crippen LogP) is 6.10. The molecule has 1 saturated heterocycles. The lowest BCUT2D eigenvalue weighted by atomic mass is 10.1. The highest BCUT2D eigenvalue weighted by atomic mass is 35.5. The van der Waals surface area contributed by atoms with Crippen molar-refractivity contribution in [1.29, 1.82) is 5.26 Å². The van der Waals surface area contributed by atoms with Crippen LogP contribution < -0.4 is 25.0 Å². The fourth-order valence-corrected chi connectivity index (χ4v) is 7.05. The molecule has 2 aromatic heterocycles. The van der Waals surface area contributed by atoms with Crippen molar-refractivity contribution in [1.82, 2.24) is 9.88 Å². The molecular weight excluding hydrogens is 592 g/mol. The number of halogens is 1. The summed E-state index contributed by atoms with van der Waals surface area (Å²) < 4.78 is 17.0. The second-order valence-corrected chi connectivity index (χ2v) is 12.0. The Morgan fingerprint density at radius 3 is 2.67 bits per heavy atom. The monoisotopic (exact) mass is 616 g/mol.